The normalized spacial score (nSPS) is 20.5. The summed E-state index contributed by atoms with van der Waals surface area (Å²) in [6.45, 7) is 12.6. The third kappa shape index (κ3) is 6.60. The van der Waals surface area contributed by atoms with Crippen LogP contribution < -0.4 is 5.32 Å². The van der Waals surface area contributed by atoms with Gasteiger partial charge in [0.2, 0.25) is 0 Å². The molecule has 1 heterocycles. The molecule has 22 heavy (non-hydrogen) atoms. The molecule has 0 saturated carbocycles. The summed E-state index contributed by atoms with van der Waals surface area (Å²) in [6.07, 6.45) is 2.43. The molecule has 0 aromatic heterocycles. The Morgan fingerprint density at radius 2 is 2.00 bits per heavy atom. The van der Waals surface area contributed by atoms with E-state index in [1.54, 1.807) is 20.8 Å². The maximum atomic E-state index is 12.1. The van der Waals surface area contributed by atoms with Crippen molar-refractivity contribution < 1.29 is 8.42 Å². The maximum Gasteiger partial charge on any atom is 0.193 e. The monoisotopic (exact) mass is 445 g/mol. The van der Waals surface area contributed by atoms with E-state index in [-0.39, 0.29) is 29.7 Å². The number of halogens is 1. The van der Waals surface area contributed by atoms with Crippen LogP contribution in [0.25, 0.3) is 0 Å². The van der Waals surface area contributed by atoms with Gasteiger partial charge in [0, 0.05) is 19.6 Å². The number of nitrogens with one attached hydrogen (secondary N) is 1. The molecule has 1 fully saturated rings. The molecule has 5 nitrogen and oxygen atoms in total. The van der Waals surface area contributed by atoms with Gasteiger partial charge in [-0.15, -0.1) is 24.0 Å². The molecule has 132 valence electrons. The molecule has 0 radical (unpaired) electrons. The fourth-order valence-electron chi connectivity index (χ4n) is 2.39. The highest BCUT2D eigenvalue weighted by molar-refractivity contribution is 14.0. The Morgan fingerprint density at radius 1 is 1.36 bits per heavy atom. The number of piperidine rings is 1. The van der Waals surface area contributed by atoms with E-state index in [1.165, 1.54) is 12.8 Å². The zero-order valence-corrected chi connectivity index (χ0v) is 17.7. The molecule has 0 amide bonds. The van der Waals surface area contributed by atoms with Crippen molar-refractivity contribution in [3.8, 4) is 0 Å². The van der Waals surface area contributed by atoms with Crippen LogP contribution in [-0.2, 0) is 9.84 Å². The van der Waals surface area contributed by atoms with Crippen molar-refractivity contribution in [3.63, 3.8) is 0 Å². The van der Waals surface area contributed by atoms with E-state index >= 15 is 0 Å². The van der Waals surface area contributed by atoms with Gasteiger partial charge in [-0.2, -0.15) is 0 Å². The van der Waals surface area contributed by atoms with Gasteiger partial charge in [-0.05, 0) is 46.5 Å². The van der Waals surface area contributed by atoms with Gasteiger partial charge in [-0.3, -0.25) is 4.99 Å². The third-order valence-corrected chi connectivity index (χ3v) is 6.43. The Bertz CT molecular complexity index is 458. The van der Waals surface area contributed by atoms with Crippen LogP contribution in [-0.4, -0.2) is 56.0 Å². The molecule has 0 bridgehead atoms. The minimum Gasteiger partial charge on any atom is -0.357 e. The number of rotatable bonds is 4. The number of nitrogens with zero attached hydrogens (tertiary/aromatic N) is 2. The minimum atomic E-state index is -3.10. The lowest BCUT2D eigenvalue weighted by molar-refractivity contribution is 0.266. The molecular formula is C15H32IN3O2S. The molecule has 1 aliphatic heterocycles. The third-order valence-electron chi connectivity index (χ3n) is 3.85. The van der Waals surface area contributed by atoms with Crippen LogP contribution in [0.1, 0.15) is 47.5 Å². The SMILES string of the molecule is CCNC(=NCCS(=O)(=O)C(C)(C)C)N1CCCC(C)C1.I. The van der Waals surface area contributed by atoms with E-state index < -0.39 is 14.6 Å². The van der Waals surface area contributed by atoms with Gasteiger partial charge >= 0.3 is 0 Å². The summed E-state index contributed by atoms with van der Waals surface area (Å²) in [5, 5.41) is 3.28. The lowest BCUT2D eigenvalue weighted by atomic mass is 10.0. The highest BCUT2D eigenvalue weighted by atomic mass is 127. The summed E-state index contributed by atoms with van der Waals surface area (Å²) < 4.78 is 23.5. The first-order valence-electron chi connectivity index (χ1n) is 7.93. The standard InChI is InChI=1S/C15H31N3O2S.HI/c1-6-16-14(18-10-7-8-13(2)12-18)17-9-11-21(19,20)15(3,4)5;/h13H,6-12H2,1-5H3,(H,16,17);1H. The summed E-state index contributed by atoms with van der Waals surface area (Å²) in [5.74, 6) is 1.63. The second-order valence-electron chi connectivity index (χ2n) is 6.86. The molecule has 1 atom stereocenters. The largest absolute Gasteiger partial charge is 0.357 e. The molecular weight excluding hydrogens is 413 g/mol. The number of likely N-dealkylation sites (tertiary alicyclic amines) is 1. The molecule has 7 heteroatoms. The zero-order chi connectivity index (χ0) is 16.1. The average molecular weight is 445 g/mol. The molecule has 0 aromatic carbocycles. The number of aliphatic imine (C=N–C) groups is 1. The quantitative estimate of drug-likeness (QED) is 0.411. The van der Waals surface area contributed by atoms with Crippen molar-refractivity contribution in [2.75, 3.05) is 31.9 Å². The van der Waals surface area contributed by atoms with Gasteiger partial charge in [0.05, 0.1) is 17.0 Å². The van der Waals surface area contributed by atoms with Crippen molar-refractivity contribution in [1.82, 2.24) is 10.2 Å². The van der Waals surface area contributed by atoms with E-state index in [4.69, 9.17) is 0 Å². The van der Waals surface area contributed by atoms with Gasteiger partial charge in [0.25, 0.3) is 0 Å². The van der Waals surface area contributed by atoms with E-state index in [0.717, 1.165) is 25.6 Å². The molecule has 0 aliphatic carbocycles. The Hall–Kier alpha value is -0.0500. The highest BCUT2D eigenvalue weighted by Gasteiger charge is 2.28. The smallest absolute Gasteiger partial charge is 0.193 e. The van der Waals surface area contributed by atoms with Crippen LogP contribution in [0.2, 0.25) is 0 Å². The van der Waals surface area contributed by atoms with Crippen molar-refractivity contribution in [2.45, 2.75) is 52.2 Å². The molecule has 0 aromatic rings. The first-order valence-corrected chi connectivity index (χ1v) is 9.58. The second-order valence-corrected chi connectivity index (χ2v) is 9.72. The summed E-state index contributed by atoms with van der Waals surface area (Å²) in [6, 6.07) is 0. The van der Waals surface area contributed by atoms with Crippen molar-refractivity contribution in [2.24, 2.45) is 10.9 Å². The van der Waals surface area contributed by atoms with Crippen LogP contribution in [0.15, 0.2) is 4.99 Å². The number of sulfone groups is 1. The van der Waals surface area contributed by atoms with E-state index in [2.05, 4.69) is 22.1 Å². The van der Waals surface area contributed by atoms with Crippen molar-refractivity contribution in [3.05, 3.63) is 0 Å². The van der Waals surface area contributed by atoms with Crippen LogP contribution in [0.4, 0.5) is 0 Å². The van der Waals surface area contributed by atoms with Gasteiger partial charge < -0.3 is 10.2 Å². The van der Waals surface area contributed by atoms with Crippen LogP contribution in [0, 0.1) is 5.92 Å². The second kappa shape index (κ2) is 9.30. The van der Waals surface area contributed by atoms with Crippen LogP contribution in [0.3, 0.4) is 0 Å². The Morgan fingerprint density at radius 3 is 2.50 bits per heavy atom. The van der Waals surface area contributed by atoms with Crippen LogP contribution in [0.5, 0.6) is 0 Å². The first kappa shape index (κ1) is 21.9. The lowest BCUT2D eigenvalue weighted by Crippen LogP contribution is -2.46. The van der Waals surface area contributed by atoms with Gasteiger partial charge in [0.15, 0.2) is 15.8 Å². The van der Waals surface area contributed by atoms with E-state index in [1.807, 2.05) is 6.92 Å². The summed E-state index contributed by atoms with van der Waals surface area (Å²) in [4.78, 5) is 6.77. The van der Waals surface area contributed by atoms with Gasteiger partial charge in [0.1, 0.15) is 0 Å². The van der Waals surface area contributed by atoms with E-state index in [0.29, 0.717) is 12.5 Å². The Balaban J connectivity index is 0.00000441. The number of hydrogen-bond donors (Lipinski definition) is 1. The van der Waals surface area contributed by atoms with Crippen molar-refractivity contribution in [1.29, 1.82) is 0 Å². The highest BCUT2D eigenvalue weighted by Crippen LogP contribution is 2.17. The molecule has 1 saturated heterocycles. The Labute approximate surface area is 153 Å². The zero-order valence-electron chi connectivity index (χ0n) is 14.6. The van der Waals surface area contributed by atoms with Gasteiger partial charge in [-0.25, -0.2) is 8.42 Å². The minimum absolute atomic E-state index is 0. The lowest BCUT2D eigenvalue weighted by Gasteiger charge is -2.33. The maximum absolute atomic E-state index is 12.1. The molecule has 1 rings (SSSR count). The molecule has 1 aliphatic rings. The number of guanidine groups is 1. The molecule has 1 unspecified atom stereocenters. The number of hydrogen-bond acceptors (Lipinski definition) is 3. The topological polar surface area (TPSA) is 61.8 Å². The summed E-state index contributed by atoms with van der Waals surface area (Å²) in [7, 11) is -3.10. The van der Waals surface area contributed by atoms with Gasteiger partial charge in [-0.1, -0.05) is 6.92 Å². The van der Waals surface area contributed by atoms with Crippen molar-refractivity contribution >= 4 is 39.8 Å². The predicted molar refractivity (Wildman–Crippen MR) is 105 cm³/mol. The first-order chi connectivity index (χ1) is 9.67. The molecule has 0 spiro atoms. The predicted octanol–water partition coefficient (Wildman–Crippen LogP) is 2.52. The Kier molecular flexibility index (Phi) is 9.27. The average Bonchev–Trinajstić information content (AvgIpc) is 2.36. The molecule has 1 N–H and O–H groups in total. The fourth-order valence-corrected chi connectivity index (χ4v) is 3.33. The summed E-state index contributed by atoms with van der Waals surface area (Å²) in [5.41, 5.74) is 0. The van der Waals surface area contributed by atoms with E-state index in [9.17, 15) is 8.42 Å². The summed E-state index contributed by atoms with van der Waals surface area (Å²) >= 11 is 0. The fraction of sp³-hybridized carbons (Fsp3) is 0.933. The van der Waals surface area contributed by atoms with Crippen LogP contribution >= 0.6 is 24.0 Å².